The molecule has 0 aliphatic carbocycles. The number of hydrogen-bond acceptors (Lipinski definition) is 3. The smallest absolute Gasteiger partial charge is 0.161 e. The molecule has 0 aromatic heterocycles. The van der Waals surface area contributed by atoms with Crippen molar-refractivity contribution in [2.24, 2.45) is 11.8 Å². The zero-order chi connectivity index (χ0) is 12.5. The van der Waals surface area contributed by atoms with E-state index in [4.69, 9.17) is 14.2 Å². The lowest BCUT2D eigenvalue weighted by molar-refractivity contribution is -0.190. The molecular weight excluding hydrogens is 228 g/mol. The molecule has 0 radical (unpaired) electrons. The van der Waals surface area contributed by atoms with E-state index in [1.165, 1.54) is 5.56 Å². The molecule has 2 bridgehead atoms. The Kier molecular flexibility index (Phi) is 3.37. The summed E-state index contributed by atoms with van der Waals surface area (Å²) in [5.74, 6) is 0.865. The monoisotopic (exact) mass is 248 g/mol. The van der Waals surface area contributed by atoms with Crippen LogP contribution in [-0.2, 0) is 20.8 Å². The van der Waals surface area contributed by atoms with Crippen LogP contribution >= 0.6 is 0 Å². The summed E-state index contributed by atoms with van der Waals surface area (Å²) in [6.45, 7) is 5.72. The summed E-state index contributed by atoms with van der Waals surface area (Å²) < 4.78 is 17.6. The maximum atomic E-state index is 6.08. The van der Waals surface area contributed by atoms with Crippen molar-refractivity contribution in [3.63, 3.8) is 0 Å². The number of fused-ring (bicyclic) bond motifs is 2. The highest BCUT2D eigenvalue weighted by Crippen LogP contribution is 2.37. The normalized spacial score (nSPS) is 38.9. The third-order valence-corrected chi connectivity index (χ3v) is 4.16. The van der Waals surface area contributed by atoms with Gasteiger partial charge in [-0.3, -0.25) is 0 Å². The molecule has 3 heteroatoms. The van der Waals surface area contributed by atoms with Crippen molar-refractivity contribution in [3.05, 3.63) is 35.9 Å². The van der Waals surface area contributed by atoms with Crippen LogP contribution in [0.3, 0.4) is 0 Å². The molecule has 2 fully saturated rings. The zero-order valence-corrected chi connectivity index (χ0v) is 10.9. The molecule has 98 valence electrons. The van der Waals surface area contributed by atoms with E-state index in [2.05, 4.69) is 26.0 Å². The van der Waals surface area contributed by atoms with E-state index < -0.39 is 0 Å². The molecule has 0 amide bonds. The van der Waals surface area contributed by atoms with E-state index in [1.807, 2.05) is 18.2 Å². The first-order chi connectivity index (χ1) is 8.75. The van der Waals surface area contributed by atoms with Crippen LogP contribution < -0.4 is 0 Å². The van der Waals surface area contributed by atoms with Crippen LogP contribution in [0.5, 0.6) is 0 Å². The molecule has 0 unspecified atom stereocenters. The highest BCUT2D eigenvalue weighted by molar-refractivity contribution is 5.13. The third kappa shape index (κ3) is 2.18. The maximum Gasteiger partial charge on any atom is 0.161 e. The van der Waals surface area contributed by atoms with Crippen molar-refractivity contribution in [2.45, 2.75) is 39.0 Å². The van der Waals surface area contributed by atoms with Crippen LogP contribution in [0.25, 0.3) is 0 Å². The van der Waals surface area contributed by atoms with Crippen molar-refractivity contribution in [1.29, 1.82) is 0 Å². The molecule has 0 saturated carbocycles. The Labute approximate surface area is 108 Å². The molecule has 3 nitrogen and oxygen atoms in total. The summed E-state index contributed by atoms with van der Waals surface area (Å²) in [6.07, 6.45) is 0.213. The molecule has 18 heavy (non-hydrogen) atoms. The molecule has 0 N–H and O–H groups in total. The molecule has 1 aromatic carbocycles. The molecule has 0 spiro atoms. The minimum Gasteiger partial charge on any atom is -0.370 e. The van der Waals surface area contributed by atoms with Gasteiger partial charge >= 0.3 is 0 Å². The Bertz CT molecular complexity index is 392. The standard InChI is InChI=1S/C15H20O3/c1-10-11(2)15-17-9-13(18-15)14(10)16-8-12-6-4-3-5-7-12/h3-7,10-11,13-15H,8-9H2,1-2H3/t10-,11-,13-,14+,15-/m1/s1. The number of rotatable bonds is 3. The van der Waals surface area contributed by atoms with Gasteiger partial charge in [0.25, 0.3) is 0 Å². The molecule has 2 heterocycles. The second kappa shape index (κ2) is 5.00. The van der Waals surface area contributed by atoms with Crippen LogP contribution in [0.2, 0.25) is 0 Å². The predicted molar refractivity (Wildman–Crippen MR) is 68.0 cm³/mol. The van der Waals surface area contributed by atoms with Crippen molar-refractivity contribution < 1.29 is 14.2 Å². The highest BCUT2D eigenvalue weighted by Gasteiger charge is 2.47. The van der Waals surface area contributed by atoms with Gasteiger partial charge in [-0.15, -0.1) is 0 Å². The van der Waals surface area contributed by atoms with Gasteiger partial charge < -0.3 is 14.2 Å². The minimum atomic E-state index is -0.0263. The second-order valence-corrected chi connectivity index (χ2v) is 5.36. The van der Waals surface area contributed by atoms with Gasteiger partial charge in [0.1, 0.15) is 6.10 Å². The lowest BCUT2D eigenvalue weighted by atomic mass is 9.86. The van der Waals surface area contributed by atoms with Gasteiger partial charge in [0.2, 0.25) is 0 Å². The van der Waals surface area contributed by atoms with Gasteiger partial charge in [-0.25, -0.2) is 0 Å². The highest BCUT2D eigenvalue weighted by atomic mass is 16.7. The van der Waals surface area contributed by atoms with E-state index in [0.717, 1.165) is 0 Å². The fourth-order valence-corrected chi connectivity index (χ4v) is 2.80. The molecule has 5 atom stereocenters. The fourth-order valence-electron chi connectivity index (χ4n) is 2.80. The topological polar surface area (TPSA) is 27.7 Å². The van der Waals surface area contributed by atoms with E-state index in [1.54, 1.807) is 0 Å². The summed E-state index contributed by atoms with van der Waals surface area (Å²) in [6, 6.07) is 10.3. The summed E-state index contributed by atoms with van der Waals surface area (Å²) >= 11 is 0. The van der Waals surface area contributed by atoms with Crippen LogP contribution in [-0.4, -0.2) is 25.1 Å². The molecular formula is C15H20O3. The fraction of sp³-hybridized carbons (Fsp3) is 0.600. The summed E-state index contributed by atoms with van der Waals surface area (Å²) in [7, 11) is 0. The van der Waals surface area contributed by atoms with Crippen LogP contribution in [0, 0.1) is 11.8 Å². The average Bonchev–Trinajstić information content (AvgIpc) is 2.84. The molecule has 2 aliphatic heterocycles. The van der Waals surface area contributed by atoms with Gasteiger partial charge in [0.05, 0.1) is 19.3 Å². The average molecular weight is 248 g/mol. The lowest BCUT2D eigenvalue weighted by Crippen LogP contribution is -2.46. The zero-order valence-electron chi connectivity index (χ0n) is 10.9. The quantitative estimate of drug-likeness (QED) is 0.823. The Hall–Kier alpha value is -0.900. The van der Waals surface area contributed by atoms with Gasteiger partial charge in [0.15, 0.2) is 6.29 Å². The molecule has 2 saturated heterocycles. The first-order valence-corrected chi connectivity index (χ1v) is 6.68. The molecule has 1 aromatic rings. The van der Waals surface area contributed by atoms with Gasteiger partial charge in [-0.2, -0.15) is 0 Å². The van der Waals surface area contributed by atoms with Crippen LogP contribution in [0.1, 0.15) is 19.4 Å². The number of ether oxygens (including phenoxy) is 3. The van der Waals surface area contributed by atoms with Crippen LogP contribution in [0.15, 0.2) is 30.3 Å². The van der Waals surface area contributed by atoms with Crippen molar-refractivity contribution in [3.8, 4) is 0 Å². The van der Waals surface area contributed by atoms with Crippen molar-refractivity contribution >= 4 is 0 Å². The Balaban J connectivity index is 1.65. The molecule has 3 rings (SSSR count). The van der Waals surface area contributed by atoms with Gasteiger partial charge in [-0.1, -0.05) is 44.2 Å². The SMILES string of the molecule is C[C@@H]1[C@@H](C)[C@@H]2OC[C@@H](O2)[C@H]1OCc1ccccc1. The lowest BCUT2D eigenvalue weighted by Gasteiger charge is -2.37. The van der Waals surface area contributed by atoms with E-state index in [9.17, 15) is 0 Å². The Morgan fingerprint density at radius 3 is 2.72 bits per heavy atom. The largest absolute Gasteiger partial charge is 0.370 e. The van der Waals surface area contributed by atoms with Gasteiger partial charge in [-0.05, 0) is 11.5 Å². The third-order valence-electron chi connectivity index (χ3n) is 4.16. The van der Waals surface area contributed by atoms with E-state index >= 15 is 0 Å². The van der Waals surface area contributed by atoms with E-state index in [0.29, 0.717) is 25.0 Å². The van der Waals surface area contributed by atoms with Crippen LogP contribution in [0.4, 0.5) is 0 Å². The summed E-state index contributed by atoms with van der Waals surface area (Å²) in [5.41, 5.74) is 1.21. The van der Waals surface area contributed by atoms with Crippen molar-refractivity contribution in [2.75, 3.05) is 6.61 Å². The summed E-state index contributed by atoms with van der Waals surface area (Å²) in [5, 5.41) is 0. The molecule has 2 aliphatic rings. The van der Waals surface area contributed by atoms with E-state index in [-0.39, 0.29) is 18.5 Å². The predicted octanol–water partition coefficient (Wildman–Crippen LogP) is 2.60. The summed E-state index contributed by atoms with van der Waals surface area (Å²) in [4.78, 5) is 0. The first-order valence-electron chi connectivity index (χ1n) is 6.68. The number of hydrogen-bond donors (Lipinski definition) is 0. The minimum absolute atomic E-state index is 0.0263. The number of benzene rings is 1. The maximum absolute atomic E-state index is 6.08. The van der Waals surface area contributed by atoms with Gasteiger partial charge in [0, 0.05) is 5.92 Å². The first kappa shape index (κ1) is 12.2. The Morgan fingerprint density at radius 1 is 1.17 bits per heavy atom. The van der Waals surface area contributed by atoms with Crippen molar-refractivity contribution in [1.82, 2.24) is 0 Å². The Morgan fingerprint density at radius 2 is 1.94 bits per heavy atom. The second-order valence-electron chi connectivity index (χ2n) is 5.36.